The van der Waals surface area contributed by atoms with Gasteiger partial charge in [-0.15, -0.1) is 0 Å². The Morgan fingerprint density at radius 1 is 0.677 bits per heavy atom. The molecule has 1 heterocycles. The number of hydrogen-bond acceptors (Lipinski definition) is 3. The third kappa shape index (κ3) is 2.77. The molecular formula is C28H38O3. The van der Waals surface area contributed by atoms with Crippen molar-refractivity contribution >= 4 is 12.2 Å². The van der Waals surface area contributed by atoms with Crippen LogP contribution in [0.1, 0.15) is 104 Å². The molecule has 3 nitrogen and oxygen atoms in total. The first-order chi connectivity index (χ1) is 14.4. The second-order valence-electron chi connectivity index (χ2n) is 12.8. The van der Waals surface area contributed by atoms with Crippen molar-refractivity contribution in [2.45, 2.75) is 104 Å². The van der Waals surface area contributed by atoms with Crippen LogP contribution in [0.2, 0.25) is 0 Å². The van der Waals surface area contributed by atoms with Crippen molar-refractivity contribution in [3.05, 3.63) is 42.4 Å². The molecule has 1 aromatic heterocycles. The molecular weight excluding hydrogens is 384 g/mol. The highest BCUT2D eigenvalue weighted by Gasteiger charge is 2.55. The zero-order valence-corrected chi connectivity index (χ0v) is 20.2. The third-order valence-electron chi connectivity index (χ3n) is 10.1. The third-order valence-corrected chi connectivity index (χ3v) is 10.1. The molecule has 31 heavy (non-hydrogen) atoms. The smallest absolute Gasteiger partial charge is 0.346 e. The summed E-state index contributed by atoms with van der Waals surface area (Å²) in [6, 6.07) is 0. The lowest BCUT2D eigenvalue weighted by molar-refractivity contribution is 0.0414. The van der Waals surface area contributed by atoms with Crippen LogP contribution >= 0.6 is 0 Å². The van der Waals surface area contributed by atoms with E-state index in [4.69, 9.17) is 4.42 Å². The molecule has 168 valence electrons. The number of hydrogen-bond donors (Lipinski definition) is 0. The fraction of sp³-hybridized carbons (Fsp3) is 0.714. The number of fused-ring (bicyclic) bond motifs is 7. The molecule has 0 N–H and O–H groups in total. The minimum absolute atomic E-state index is 0.101. The summed E-state index contributed by atoms with van der Waals surface area (Å²) in [5, 5.41) is 1.38. The molecule has 0 spiro atoms. The van der Waals surface area contributed by atoms with Gasteiger partial charge in [-0.25, -0.2) is 9.59 Å². The highest BCUT2D eigenvalue weighted by atomic mass is 16.4. The standard InChI is InChI=1S/C28H38O3/c1-25(2)13-7-15-27(5)19(25)11-9-17-21(27)22-18(24(30)31-23(17)29)10-12-20-26(3,4)14-8-16-28(20,22)6/h9-10,19-20H,7-8,11-16H2,1-6H3/t19-,20+,27-,28-/m0/s1. The van der Waals surface area contributed by atoms with Crippen LogP contribution in [0.3, 0.4) is 0 Å². The maximum Gasteiger partial charge on any atom is 0.346 e. The molecule has 0 aromatic carbocycles. The van der Waals surface area contributed by atoms with Crippen LogP contribution in [0.4, 0.5) is 0 Å². The maximum absolute atomic E-state index is 13.2. The van der Waals surface area contributed by atoms with Gasteiger partial charge in [0.1, 0.15) is 0 Å². The first kappa shape index (κ1) is 21.2. The van der Waals surface area contributed by atoms with Gasteiger partial charge in [0.25, 0.3) is 0 Å². The lowest BCUT2D eigenvalue weighted by Crippen LogP contribution is -2.56. The van der Waals surface area contributed by atoms with Crippen LogP contribution in [0.5, 0.6) is 0 Å². The molecule has 0 radical (unpaired) electrons. The molecule has 5 rings (SSSR count). The second-order valence-corrected chi connectivity index (χ2v) is 12.8. The van der Waals surface area contributed by atoms with Gasteiger partial charge in [0.15, 0.2) is 0 Å². The average molecular weight is 423 g/mol. The number of rotatable bonds is 0. The Morgan fingerprint density at radius 2 is 1.06 bits per heavy atom. The first-order valence-electron chi connectivity index (χ1n) is 12.3. The normalized spacial score (nSPS) is 37.2. The summed E-state index contributed by atoms with van der Waals surface area (Å²) < 4.78 is 5.45. The molecule has 4 aliphatic rings. The van der Waals surface area contributed by atoms with Gasteiger partial charge in [-0.2, -0.15) is 0 Å². The van der Waals surface area contributed by atoms with Crippen LogP contribution in [0.25, 0.3) is 12.2 Å². The van der Waals surface area contributed by atoms with Crippen LogP contribution in [-0.2, 0) is 10.8 Å². The lowest BCUT2D eigenvalue weighted by atomic mass is 9.47. The van der Waals surface area contributed by atoms with Gasteiger partial charge in [-0.3, -0.25) is 0 Å². The van der Waals surface area contributed by atoms with Crippen molar-refractivity contribution in [1.82, 2.24) is 0 Å². The summed E-state index contributed by atoms with van der Waals surface area (Å²) in [6.45, 7) is 14.3. The fourth-order valence-corrected chi connectivity index (χ4v) is 8.70. The zero-order chi connectivity index (χ0) is 22.4. The van der Waals surface area contributed by atoms with E-state index in [0.717, 1.165) is 38.5 Å². The Kier molecular flexibility index (Phi) is 4.42. The van der Waals surface area contributed by atoms with E-state index >= 15 is 0 Å². The highest BCUT2D eigenvalue weighted by molar-refractivity contribution is 5.51. The molecule has 1 aromatic rings. The lowest BCUT2D eigenvalue weighted by Gasteiger charge is -2.57. The van der Waals surface area contributed by atoms with Gasteiger partial charge in [0.2, 0.25) is 0 Å². The summed E-state index contributed by atoms with van der Waals surface area (Å²) in [4.78, 5) is 26.4. The molecule has 4 atom stereocenters. The van der Waals surface area contributed by atoms with E-state index in [0.29, 0.717) is 22.3 Å². The van der Waals surface area contributed by atoms with Gasteiger partial charge in [-0.05, 0) is 83.1 Å². The summed E-state index contributed by atoms with van der Waals surface area (Å²) in [5.41, 5.74) is 1.71. The van der Waals surface area contributed by atoms with Crippen LogP contribution in [0, 0.1) is 22.7 Å². The van der Waals surface area contributed by atoms with Crippen LogP contribution in [0.15, 0.2) is 14.0 Å². The SMILES string of the molecule is CC1(C)CCC[C@]2(C)c3c4c(c(=O)oc(=O)c3=CC[C@H]12)=CC[C@H]1C(C)(C)CCC[C@]41C. The summed E-state index contributed by atoms with van der Waals surface area (Å²) in [6.07, 6.45) is 12.9. The minimum Gasteiger partial charge on any atom is -0.386 e. The quantitative estimate of drug-likeness (QED) is 0.617. The van der Waals surface area contributed by atoms with Crippen molar-refractivity contribution in [1.29, 1.82) is 0 Å². The first-order valence-corrected chi connectivity index (χ1v) is 12.3. The van der Waals surface area contributed by atoms with E-state index in [1.807, 2.05) is 0 Å². The molecule has 0 bridgehead atoms. The summed E-state index contributed by atoms with van der Waals surface area (Å²) >= 11 is 0. The van der Waals surface area contributed by atoms with Crippen molar-refractivity contribution in [2.75, 3.05) is 0 Å². The monoisotopic (exact) mass is 422 g/mol. The highest BCUT2D eigenvalue weighted by Crippen LogP contribution is 2.59. The molecule has 2 fully saturated rings. The Hall–Kier alpha value is -1.64. The second kappa shape index (κ2) is 6.45. The predicted octanol–water partition coefficient (Wildman–Crippen LogP) is 4.54. The summed E-state index contributed by atoms with van der Waals surface area (Å²) in [5.74, 6) is 0.950. The van der Waals surface area contributed by atoms with Crippen LogP contribution in [-0.4, -0.2) is 0 Å². The van der Waals surface area contributed by atoms with Crippen molar-refractivity contribution in [3.8, 4) is 0 Å². The van der Waals surface area contributed by atoms with Crippen LogP contribution < -0.4 is 21.7 Å². The fourth-order valence-electron chi connectivity index (χ4n) is 8.70. The van der Waals surface area contributed by atoms with Gasteiger partial charge < -0.3 is 4.42 Å². The Bertz CT molecular complexity index is 1090. The van der Waals surface area contributed by atoms with E-state index in [9.17, 15) is 9.59 Å². The predicted molar refractivity (Wildman–Crippen MR) is 126 cm³/mol. The van der Waals surface area contributed by atoms with Crippen molar-refractivity contribution in [2.24, 2.45) is 22.7 Å². The Morgan fingerprint density at radius 3 is 1.45 bits per heavy atom. The zero-order valence-electron chi connectivity index (χ0n) is 20.2. The van der Waals surface area contributed by atoms with Crippen molar-refractivity contribution < 1.29 is 4.42 Å². The van der Waals surface area contributed by atoms with E-state index < -0.39 is 11.3 Å². The average Bonchev–Trinajstić information content (AvgIpc) is 2.76. The Labute approximate surface area is 185 Å². The van der Waals surface area contributed by atoms with E-state index in [1.54, 1.807) is 0 Å². The Balaban J connectivity index is 1.95. The van der Waals surface area contributed by atoms with E-state index in [1.165, 1.54) is 24.0 Å². The molecule has 0 unspecified atom stereocenters. The molecule has 4 aliphatic carbocycles. The largest absolute Gasteiger partial charge is 0.386 e. The van der Waals surface area contributed by atoms with Gasteiger partial charge in [0.05, 0.1) is 10.4 Å². The van der Waals surface area contributed by atoms with Gasteiger partial charge in [0, 0.05) is 0 Å². The van der Waals surface area contributed by atoms with E-state index in [-0.39, 0.29) is 21.7 Å². The van der Waals surface area contributed by atoms with Gasteiger partial charge in [-0.1, -0.05) is 66.5 Å². The van der Waals surface area contributed by atoms with Gasteiger partial charge >= 0.3 is 11.3 Å². The molecule has 0 amide bonds. The topological polar surface area (TPSA) is 47.3 Å². The van der Waals surface area contributed by atoms with E-state index in [2.05, 4.69) is 53.7 Å². The maximum atomic E-state index is 13.2. The summed E-state index contributed by atoms with van der Waals surface area (Å²) in [7, 11) is 0. The minimum atomic E-state index is -0.430. The molecule has 0 aliphatic heterocycles. The van der Waals surface area contributed by atoms with Crippen molar-refractivity contribution in [3.63, 3.8) is 0 Å². The molecule has 2 saturated carbocycles. The molecule has 0 saturated heterocycles. The molecule has 3 heteroatoms.